The van der Waals surface area contributed by atoms with Crippen LogP contribution in [-0.4, -0.2) is 23.8 Å². The number of rotatable bonds is 4. The fourth-order valence-electron chi connectivity index (χ4n) is 3.33. The average Bonchev–Trinajstić information content (AvgIpc) is 2.86. The molecule has 1 unspecified atom stereocenters. The van der Waals surface area contributed by atoms with Crippen LogP contribution in [0.2, 0.25) is 0 Å². The largest absolute Gasteiger partial charge is 0.368 e. The van der Waals surface area contributed by atoms with Gasteiger partial charge in [0.15, 0.2) is 0 Å². The highest BCUT2D eigenvalue weighted by Crippen LogP contribution is 2.51. The second-order valence-corrected chi connectivity index (χ2v) is 7.62. The molecule has 17 heavy (non-hydrogen) atoms. The first-order valence-corrected chi connectivity index (χ1v) is 7.10. The highest BCUT2D eigenvalue weighted by molar-refractivity contribution is 5.03. The third-order valence-electron chi connectivity index (χ3n) is 4.89. The number of nitrogens with one attached hydrogen (secondary N) is 1. The summed E-state index contributed by atoms with van der Waals surface area (Å²) >= 11 is 0. The normalized spacial score (nSPS) is 33.0. The minimum absolute atomic E-state index is 0.0235. The molecule has 2 fully saturated rings. The molecule has 0 spiro atoms. The molecule has 1 aliphatic heterocycles. The number of hydrogen-bond donors (Lipinski definition) is 1. The molecule has 0 aromatic rings. The van der Waals surface area contributed by atoms with Gasteiger partial charge in [0.25, 0.3) is 0 Å². The Labute approximate surface area is 107 Å². The van der Waals surface area contributed by atoms with Crippen molar-refractivity contribution in [3.8, 4) is 0 Å². The van der Waals surface area contributed by atoms with Crippen LogP contribution in [0.5, 0.6) is 0 Å². The zero-order chi connectivity index (χ0) is 12.9. The first-order valence-electron chi connectivity index (χ1n) is 7.10. The molecule has 1 atom stereocenters. The third kappa shape index (κ3) is 2.68. The van der Waals surface area contributed by atoms with Crippen molar-refractivity contribution in [1.29, 1.82) is 0 Å². The summed E-state index contributed by atoms with van der Waals surface area (Å²) in [6, 6.07) is 0.494. The Morgan fingerprint density at radius 1 is 1.18 bits per heavy atom. The molecule has 2 nitrogen and oxygen atoms in total. The topological polar surface area (TPSA) is 21.3 Å². The molecule has 100 valence electrons. The molecular formula is C15H29NO. The van der Waals surface area contributed by atoms with Crippen LogP contribution in [-0.2, 0) is 4.74 Å². The van der Waals surface area contributed by atoms with E-state index in [-0.39, 0.29) is 11.2 Å². The van der Waals surface area contributed by atoms with Gasteiger partial charge in [0.1, 0.15) is 0 Å². The van der Waals surface area contributed by atoms with E-state index in [1.165, 1.54) is 12.8 Å². The Balaban J connectivity index is 1.92. The molecule has 1 saturated heterocycles. The highest BCUT2D eigenvalue weighted by Gasteiger charge is 2.49. The monoisotopic (exact) mass is 239 g/mol. The van der Waals surface area contributed by atoms with Crippen molar-refractivity contribution < 1.29 is 4.74 Å². The number of hydrogen-bond acceptors (Lipinski definition) is 2. The van der Waals surface area contributed by atoms with Crippen LogP contribution in [0.1, 0.15) is 60.8 Å². The third-order valence-corrected chi connectivity index (χ3v) is 4.89. The van der Waals surface area contributed by atoms with E-state index < -0.39 is 0 Å². The molecule has 1 aliphatic carbocycles. The van der Waals surface area contributed by atoms with Crippen LogP contribution < -0.4 is 5.32 Å². The lowest BCUT2D eigenvalue weighted by Crippen LogP contribution is -2.46. The molecule has 0 bridgehead atoms. The van der Waals surface area contributed by atoms with E-state index in [4.69, 9.17) is 4.74 Å². The molecule has 0 aromatic carbocycles. The first kappa shape index (κ1) is 13.4. The van der Waals surface area contributed by atoms with Crippen molar-refractivity contribution >= 4 is 0 Å². The molecular weight excluding hydrogens is 210 g/mol. The summed E-state index contributed by atoms with van der Waals surface area (Å²) in [5.74, 6) is 0.799. The van der Waals surface area contributed by atoms with Crippen LogP contribution in [0.25, 0.3) is 0 Å². The minimum atomic E-state index is -0.0312. The summed E-state index contributed by atoms with van der Waals surface area (Å²) < 4.78 is 6.13. The van der Waals surface area contributed by atoms with Crippen molar-refractivity contribution in [3.63, 3.8) is 0 Å². The van der Waals surface area contributed by atoms with Crippen molar-refractivity contribution in [3.05, 3.63) is 0 Å². The van der Waals surface area contributed by atoms with E-state index in [1.807, 2.05) is 0 Å². The minimum Gasteiger partial charge on any atom is -0.368 e. The summed E-state index contributed by atoms with van der Waals surface area (Å²) in [7, 11) is 0. The standard InChI is InChI=1S/C15H29NO/c1-11(2)15(7-8-15)10-16-12-9-13(3,4)17-14(12,5)6/h11-12,16H,7-10H2,1-6H3. The lowest BCUT2D eigenvalue weighted by molar-refractivity contribution is -0.0701. The van der Waals surface area contributed by atoms with E-state index in [2.05, 4.69) is 46.9 Å². The SMILES string of the molecule is CC(C)C1(CNC2CC(C)(C)OC2(C)C)CC1. The Kier molecular flexibility index (Phi) is 3.11. The summed E-state index contributed by atoms with van der Waals surface area (Å²) in [6.07, 6.45) is 3.91. The van der Waals surface area contributed by atoms with E-state index in [0.29, 0.717) is 11.5 Å². The van der Waals surface area contributed by atoms with Crippen molar-refractivity contribution in [2.75, 3.05) is 6.54 Å². The van der Waals surface area contributed by atoms with Gasteiger partial charge in [0.2, 0.25) is 0 Å². The lowest BCUT2D eigenvalue weighted by atomic mass is 9.90. The fraction of sp³-hybridized carbons (Fsp3) is 1.00. The first-order chi connectivity index (χ1) is 7.67. The summed E-state index contributed by atoms with van der Waals surface area (Å²) in [5.41, 5.74) is 0.578. The van der Waals surface area contributed by atoms with Gasteiger partial charge in [-0.2, -0.15) is 0 Å². The van der Waals surface area contributed by atoms with Gasteiger partial charge in [0, 0.05) is 12.6 Å². The van der Waals surface area contributed by atoms with Crippen LogP contribution >= 0.6 is 0 Å². The van der Waals surface area contributed by atoms with Gasteiger partial charge in [-0.3, -0.25) is 0 Å². The van der Waals surface area contributed by atoms with Crippen LogP contribution in [0.4, 0.5) is 0 Å². The Morgan fingerprint density at radius 2 is 1.76 bits per heavy atom. The second-order valence-electron chi connectivity index (χ2n) is 7.62. The van der Waals surface area contributed by atoms with Gasteiger partial charge < -0.3 is 10.1 Å². The zero-order valence-corrected chi connectivity index (χ0v) is 12.4. The Bertz CT molecular complexity index is 289. The molecule has 1 heterocycles. The van der Waals surface area contributed by atoms with Crippen LogP contribution in [0.3, 0.4) is 0 Å². The maximum Gasteiger partial charge on any atom is 0.0787 e. The van der Waals surface area contributed by atoms with Gasteiger partial charge in [-0.15, -0.1) is 0 Å². The smallest absolute Gasteiger partial charge is 0.0787 e. The average molecular weight is 239 g/mol. The zero-order valence-electron chi connectivity index (χ0n) is 12.4. The van der Waals surface area contributed by atoms with Crippen molar-refractivity contribution in [2.45, 2.75) is 78.0 Å². The van der Waals surface area contributed by atoms with Crippen LogP contribution in [0, 0.1) is 11.3 Å². The lowest BCUT2D eigenvalue weighted by Gasteiger charge is -2.30. The quantitative estimate of drug-likeness (QED) is 0.812. The van der Waals surface area contributed by atoms with Gasteiger partial charge in [-0.1, -0.05) is 13.8 Å². The predicted octanol–water partition coefficient (Wildman–Crippen LogP) is 3.36. The molecule has 2 aliphatic rings. The predicted molar refractivity (Wildman–Crippen MR) is 72.2 cm³/mol. The van der Waals surface area contributed by atoms with Gasteiger partial charge in [-0.25, -0.2) is 0 Å². The highest BCUT2D eigenvalue weighted by atomic mass is 16.5. The van der Waals surface area contributed by atoms with Crippen LogP contribution in [0.15, 0.2) is 0 Å². The van der Waals surface area contributed by atoms with Crippen molar-refractivity contribution in [1.82, 2.24) is 5.32 Å². The summed E-state index contributed by atoms with van der Waals surface area (Å²) in [5, 5.41) is 3.79. The van der Waals surface area contributed by atoms with Crippen molar-refractivity contribution in [2.24, 2.45) is 11.3 Å². The van der Waals surface area contributed by atoms with Gasteiger partial charge in [0.05, 0.1) is 11.2 Å². The van der Waals surface area contributed by atoms with Gasteiger partial charge >= 0.3 is 0 Å². The molecule has 1 saturated carbocycles. The molecule has 1 N–H and O–H groups in total. The summed E-state index contributed by atoms with van der Waals surface area (Å²) in [6.45, 7) is 14.7. The Morgan fingerprint density at radius 3 is 2.12 bits per heavy atom. The van der Waals surface area contributed by atoms with E-state index in [0.717, 1.165) is 18.9 Å². The second kappa shape index (κ2) is 3.96. The van der Waals surface area contributed by atoms with E-state index >= 15 is 0 Å². The molecule has 2 heteroatoms. The summed E-state index contributed by atoms with van der Waals surface area (Å²) in [4.78, 5) is 0. The molecule has 0 radical (unpaired) electrons. The number of ether oxygens (including phenoxy) is 1. The maximum absolute atomic E-state index is 6.13. The van der Waals surface area contributed by atoms with E-state index in [9.17, 15) is 0 Å². The van der Waals surface area contributed by atoms with E-state index in [1.54, 1.807) is 0 Å². The molecule has 0 aromatic heterocycles. The maximum atomic E-state index is 6.13. The molecule has 0 amide bonds. The Hall–Kier alpha value is -0.0800. The molecule has 2 rings (SSSR count). The fourth-order valence-corrected chi connectivity index (χ4v) is 3.33. The van der Waals surface area contributed by atoms with Gasteiger partial charge in [-0.05, 0) is 58.3 Å².